The maximum atomic E-state index is 12.6. The van der Waals surface area contributed by atoms with Crippen LogP contribution in [0, 0.1) is 6.92 Å². The molecule has 0 bridgehead atoms. The Kier molecular flexibility index (Phi) is 3.33. The van der Waals surface area contributed by atoms with Gasteiger partial charge in [0.25, 0.3) is 0 Å². The Morgan fingerprint density at radius 1 is 1.35 bits per heavy atom. The Bertz CT molecular complexity index is 397. The lowest BCUT2D eigenvalue weighted by molar-refractivity contribution is -0.141. The maximum Gasteiger partial charge on any atom is 0.433 e. The van der Waals surface area contributed by atoms with Gasteiger partial charge in [-0.2, -0.15) is 13.2 Å². The molecule has 1 aromatic heterocycles. The number of aryl methyl sites for hydroxylation is 1. The lowest BCUT2D eigenvalue weighted by Crippen LogP contribution is -2.29. The number of halogens is 3. The second-order valence-electron chi connectivity index (χ2n) is 4.27. The summed E-state index contributed by atoms with van der Waals surface area (Å²) < 4.78 is 37.8. The number of rotatable bonds is 1. The third kappa shape index (κ3) is 2.94. The van der Waals surface area contributed by atoms with Gasteiger partial charge in [-0.05, 0) is 32.4 Å². The lowest BCUT2D eigenvalue weighted by atomic mass is 9.95. The summed E-state index contributed by atoms with van der Waals surface area (Å²) in [6.45, 7) is 3.11. The van der Waals surface area contributed by atoms with Crippen molar-refractivity contribution in [1.82, 2.24) is 15.3 Å². The Labute approximate surface area is 97.5 Å². The molecule has 1 aliphatic heterocycles. The zero-order chi connectivity index (χ0) is 12.5. The molecule has 0 spiro atoms. The van der Waals surface area contributed by atoms with Gasteiger partial charge in [0.05, 0.1) is 0 Å². The summed E-state index contributed by atoms with van der Waals surface area (Å²) in [5, 5.41) is 3.17. The molecule has 1 aliphatic rings. The summed E-state index contributed by atoms with van der Waals surface area (Å²) in [6.07, 6.45) is -2.56. The van der Waals surface area contributed by atoms with Gasteiger partial charge in [-0.15, -0.1) is 0 Å². The van der Waals surface area contributed by atoms with Crippen molar-refractivity contribution < 1.29 is 13.2 Å². The fourth-order valence-corrected chi connectivity index (χ4v) is 2.05. The zero-order valence-corrected chi connectivity index (χ0v) is 9.51. The molecule has 0 amide bonds. The van der Waals surface area contributed by atoms with Crippen LogP contribution in [0.25, 0.3) is 0 Å². The van der Waals surface area contributed by atoms with Crippen molar-refractivity contribution in [2.75, 3.05) is 13.1 Å². The predicted molar refractivity (Wildman–Crippen MR) is 56.6 cm³/mol. The quantitative estimate of drug-likeness (QED) is 0.824. The van der Waals surface area contributed by atoms with Gasteiger partial charge < -0.3 is 5.32 Å². The van der Waals surface area contributed by atoms with Crippen LogP contribution in [0.3, 0.4) is 0 Å². The van der Waals surface area contributed by atoms with E-state index >= 15 is 0 Å². The molecular formula is C11H14F3N3. The van der Waals surface area contributed by atoms with Crippen molar-refractivity contribution in [3.05, 3.63) is 23.3 Å². The Morgan fingerprint density at radius 2 is 2.12 bits per heavy atom. The van der Waals surface area contributed by atoms with E-state index in [1.54, 1.807) is 0 Å². The van der Waals surface area contributed by atoms with Gasteiger partial charge in [-0.1, -0.05) is 0 Å². The number of hydrogen-bond acceptors (Lipinski definition) is 3. The van der Waals surface area contributed by atoms with E-state index in [1.165, 1.54) is 6.92 Å². The zero-order valence-electron chi connectivity index (χ0n) is 9.51. The molecule has 6 heteroatoms. The Morgan fingerprint density at radius 3 is 2.71 bits per heavy atom. The van der Waals surface area contributed by atoms with Crippen LogP contribution in [-0.2, 0) is 6.18 Å². The molecule has 2 rings (SSSR count). The minimum atomic E-state index is -4.40. The van der Waals surface area contributed by atoms with Crippen LogP contribution in [0.15, 0.2) is 6.07 Å². The Hall–Kier alpha value is -1.17. The average Bonchev–Trinajstić information content (AvgIpc) is 2.28. The van der Waals surface area contributed by atoms with E-state index in [1.807, 2.05) is 0 Å². The summed E-state index contributed by atoms with van der Waals surface area (Å²) in [5.41, 5.74) is -0.345. The van der Waals surface area contributed by atoms with Gasteiger partial charge in [-0.3, -0.25) is 0 Å². The lowest BCUT2D eigenvalue weighted by Gasteiger charge is -2.23. The van der Waals surface area contributed by atoms with Crippen molar-refractivity contribution in [2.24, 2.45) is 0 Å². The maximum absolute atomic E-state index is 12.6. The van der Waals surface area contributed by atoms with Gasteiger partial charge in [0.2, 0.25) is 0 Å². The van der Waals surface area contributed by atoms with E-state index in [-0.39, 0.29) is 11.7 Å². The first-order valence-corrected chi connectivity index (χ1v) is 5.60. The third-order valence-electron chi connectivity index (χ3n) is 2.86. The van der Waals surface area contributed by atoms with Gasteiger partial charge in [0.15, 0.2) is 0 Å². The Balaban J connectivity index is 2.31. The molecule has 2 heterocycles. The van der Waals surface area contributed by atoms with E-state index in [9.17, 15) is 13.2 Å². The van der Waals surface area contributed by atoms with Crippen LogP contribution in [0.1, 0.15) is 36.0 Å². The minimum absolute atomic E-state index is 0.0616. The number of aromatic nitrogens is 2. The summed E-state index contributed by atoms with van der Waals surface area (Å²) in [7, 11) is 0. The van der Waals surface area contributed by atoms with Crippen molar-refractivity contribution in [1.29, 1.82) is 0 Å². The van der Waals surface area contributed by atoms with Crippen molar-refractivity contribution in [2.45, 2.75) is 31.9 Å². The molecule has 1 fully saturated rings. The highest BCUT2D eigenvalue weighted by molar-refractivity contribution is 5.18. The highest BCUT2D eigenvalue weighted by Gasteiger charge is 2.34. The molecule has 1 N–H and O–H groups in total. The van der Waals surface area contributed by atoms with Crippen molar-refractivity contribution in [3.8, 4) is 0 Å². The van der Waals surface area contributed by atoms with E-state index in [0.29, 0.717) is 12.2 Å². The van der Waals surface area contributed by atoms with E-state index in [4.69, 9.17) is 0 Å². The fourth-order valence-electron chi connectivity index (χ4n) is 2.05. The van der Waals surface area contributed by atoms with Gasteiger partial charge >= 0.3 is 6.18 Å². The molecule has 0 aliphatic carbocycles. The first-order valence-electron chi connectivity index (χ1n) is 5.60. The fraction of sp³-hybridized carbons (Fsp3) is 0.636. The number of nitrogens with zero attached hydrogens (tertiary/aromatic N) is 2. The first-order chi connectivity index (χ1) is 7.97. The highest BCUT2D eigenvalue weighted by Crippen LogP contribution is 2.30. The molecule has 17 heavy (non-hydrogen) atoms. The molecule has 1 aromatic rings. The van der Waals surface area contributed by atoms with Crippen LogP contribution >= 0.6 is 0 Å². The van der Waals surface area contributed by atoms with Gasteiger partial charge in [0, 0.05) is 18.2 Å². The number of alkyl halides is 3. The second-order valence-corrected chi connectivity index (χ2v) is 4.27. The van der Waals surface area contributed by atoms with Crippen molar-refractivity contribution >= 4 is 0 Å². The molecule has 1 atom stereocenters. The normalized spacial score (nSPS) is 21.5. The van der Waals surface area contributed by atoms with E-state index in [0.717, 1.165) is 25.5 Å². The summed E-state index contributed by atoms with van der Waals surface area (Å²) in [5.74, 6) is 0.243. The third-order valence-corrected chi connectivity index (χ3v) is 2.86. The molecule has 3 nitrogen and oxygen atoms in total. The smallest absolute Gasteiger partial charge is 0.316 e. The standard InChI is InChI=1S/C11H14F3N3/c1-7-16-9(8-3-2-4-15-6-8)5-10(17-7)11(12,13)14/h5,8,15H,2-4,6H2,1H3/t8-/m1/s1. The molecule has 0 unspecified atom stereocenters. The summed E-state index contributed by atoms with van der Waals surface area (Å²) in [6, 6.07) is 1.07. The number of hydrogen-bond donors (Lipinski definition) is 1. The van der Waals surface area contributed by atoms with Crippen molar-refractivity contribution in [3.63, 3.8) is 0 Å². The molecule has 0 saturated carbocycles. The first kappa shape index (κ1) is 12.3. The van der Waals surface area contributed by atoms with Crippen LogP contribution in [0.5, 0.6) is 0 Å². The van der Waals surface area contributed by atoms with Gasteiger partial charge in [-0.25, -0.2) is 9.97 Å². The number of piperidine rings is 1. The molecule has 0 aromatic carbocycles. The van der Waals surface area contributed by atoms with Crippen LogP contribution in [0.4, 0.5) is 13.2 Å². The molecule has 0 radical (unpaired) electrons. The summed E-state index contributed by atoms with van der Waals surface area (Å²) >= 11 is 0. The van der Waals surface area contributed by atoms with E-state index < -0.39 is 11.9 Å². The molecule has 94 valence electrons. The van der Waals surface area contributed by atoms with Gasteiger partial charge in [0.1, 0.15) is 11.5 Å². The number of nitrogens with one attached hydrogen (secondary N) is 1. The largest absolute Gasteiger partial charge is 0.433 e. The molecular weight excluding hydrogens is 231 g/mol. The van der Waals surface area contributed by atoms with E-state index in [2.05, 4.69) is 15.3 Å². The SMILES string of the molecule is Cc1nc([C@@H]2CCCNC2)cc(C(F)(F)F)n1. The predicted octanol–water partition coefficient (Wildman–Crippen LogP) is 2.27. The van der Waals surface area contributed by atoms with Crippen LogP contribution in [0.2, 0.25) is 0 Å². The van der Waals surface area contributed by atoms with Crippen LogP contribution < -0.4 is 5.32 Å². The second kappa shape index (κ2) is 4.60. The monoisotopic (exact) mass is 245 g/mol. The summed E-state index contributed by atoms with van der Waals surface area (Å²) in [4.78, 5) is 7.56. The average molecular weight is 245 g/mol. The topological polar surface area (TPSA) is 37.8 Å². The van der Waals surface area contributed by atoms with Crippen LogP contribution in [-0.4, -0.2) is 23.1 Å². The highest BCUT2D eigenvalue weighted by atomic mass is 19.4. The molecule has 1 saturated heterocycles. The minimum Gasteiger partial charge on any atom is -0.316 e.